The molecule has 0 N–H and O–H groups in total. The molecule has 0 spiro atoms. The molecule has 0 aromatic carbocycles. The molecular formula is C26H44N2O4. The van der Waals surface area contributed by atoms with E-state index in [-0.39, 0.29) is 36.5 Å². The van der Waals surface area contributed by atoms with Crippen molar-refractivity contribution in [1.82, 2.24) is 9.80 Å². The zero-order valence-electron chi connectivity index (χ0n) is 20.1. The molecule has 0 unspecified atom stereocenters. The van der Waals surface area contributed by atoms with Gasteiger partial charge in [0.05, 0.1) is 0 Å². The van der Waals surface area contributed by atoms with Crippen LogP contribution in [0.25, 0.3) is 0 Å². The molecule has 4 amide bonds. The lowest BCUT2D eigenvalue weighted by molar-refractivity contribution is -0.149. The molecule has 2 fully saturated rings. The van der Waals surface area contributed by atoms with E-state index >= 15 is 0 Å². The van der Waals surface area contributed by atoms with Crippen LogP contribution in [0.5, 0.6) is 0 Å². The molecule has 0 aromatic heterocycles. The van der Waals surface area contributed by atoms with Crippen LogP contribution in [-0.4, -0.2) is 46.5 Å². The molecule has 0 bridgehead atoms. The smallest absolute Gasteiger partial charge is 0.229 e. The van der Waals surface area contributed by atoms with Gasteiger partial charge in [-0.05, 0) is 25.7 Å². The number of rotatable bonds is 3. The monoisotopic (exact) mass is 448 g/mol. The van der Waals surface area contributed by atoms with E-state index in [2.05, 4.69) is 0 Å². The van der Waals surface area contributed by atoms with Gasteiger partial charge in [-0.25, -0.2) is 0 Å². The van der Waals surface area contributed by atoms with E-state index in [1.54, 1.807) is 0 Å². The van der Waals surface area contributed by atoms with Gasteiger partial charge in [-0.15, -0.1) is 0 Å². The Morgan fingerprint density at radius 1 is 0.469 bits per heavy atom. The van der Waals surface area contributed by atoms with Gasteiger partial charge in [-0.2, -0.15) is 0 Å². The Hall–Kier alpha value is -1.72. The molecule has 2 aliphatic rings. The van der Waals surface area contributed by atoms with Gasteiger partial charge in [-0.3, -0.25) is 29.0 Å². The average Bonchev–Trinajstić information content (AvgIpc) is 2.77. The van der Waals surface area contributed by atoms with Gasteiger partial charge >= 0.3 is 0 Å². The summed E-state index contributed by atoms with van der Waals surface area (Å²) in [6, 6.07) is 0. The van der Waals surface area contributed by atoms with Crippen molar-refractivity contribution in [1.29, 1.82) is 0 Å². The number of hydrogen-bond donors (Lipinski definition) is 0. The van der Waals surface area contributed by atoms with Crippen molar-refractivity contribution in [2.75, 3.05) is 13.1 Å². The van der Waals surface area contributed by atoms with Crippen molar-refractivity contribution in [3.05, 3.63) is 0 Å². The summed E-state index contributed by atoms with van der Waals surface area (Å²) in [6.45, 7) is 0.906. The SMILES string of the molecule is O=C1CCCCCCCCCCN1C(=O)CCC(=O)N1CCCCCCCCCCC1=O. The summed E-state index contributed by atoms with van der Waals surface area (Å²) in [5.74, 6) is -0.736. The summed E-state index contributed by atoms with van der Waals surface area (Å²) in [5, 5.41) is 0. The fraction of sp³-hybridized carbons (Fsp3) is 0.846. The van der Waals surface area contributed by atoms with E-state index in [1.807, 2.05) is 0 Å². The second kappa shape index (κ2) is 16.0. The first-order valence-electron chi connectivity index (χ1n) is 13.3. The maximum Gasteiger partial charge on any atom is 0.229 e. The number of nitrogens with zero attached hydrogens (tertiary/aromatic N) is 2. The van der Waals surface area contributed by atoms with Gasteiger partial charge in [0.2, 0.25) is 23.6 Å². The Bertz CT molecular complexity index is 553. The third-order valence-corrected chi connectivity index (χ3v) is 6.80. The summed E-state index contributed by atoms with van der Waals surface area (Å²) >= 11 is 0. The first-order chi connectivity index (χ1) is 15.6. The highest BCUT2D eigenvalue weighted by molar-refractivity contribution is 5.99. The van der Waals surface area contributed by atoms with Gasteiger partial charge in [0.15, 0.2) is 0 Å². The molecule has 32 heavy (non-hydrogen) atoms. The average molecular weight is 449 g/mol. The largest absolute Gasteiger partial charge is 0.283 e. The van der Waals surface area contributed by atoms with Crippen LogP contribution in [-0.2, 0) is 19.2 Å². The molecule has 6 heteroatoms. The van der Waals surface area contributed by atoms with E-state index in [1.165, 1.54) is 35.5 Å². The van der Waals surface area contributed by atoms with Gasteiger partial charge < -0.3 is 0 Å². The summed E-state index contributed by atoms with van der Waals surface area (Å²) < 4.78 is 0. The van der Waals surface area contributed by atoms with Crippen LogP contribution in [0.2, 0.25) is 0 Å². The molecule has 182 valence electrons. The van der Waals surface area contributed by atoms with Crippen molar-refractivity contribution in [3.63, 3.8) is 0 Å². The Morgan fingerprint density at radius 3 is 1.09 bits per heavy atom. The van der Waals surface area contributed by atoms with Crippen LogP contribution in [0.15, 0.2) is 0 Å². The molecule has 2 heterocycles. The number of carbonyl (C=O) groups excluding carboxylic acids is 4. The molecule has 2 saturated heterocycles. The molecule has 2 rings (SSSR count). The predicted octanol–water partition coefficient (Wildman–Crippen LogP) is 5.53. The summed E-state index contributed by atoms with van der Waals surface area (Å²) in [4.78, 5) is 53.7. The zero-order valence-corrected chi connectivity index (χ0v) is 20.1. The van der Waals surface area contributed by atoms with E-state index in [0.29, 0.717) is 25.9 Å². The Labute approximate surface area is 194 Å². The fourth-order valence-corrected chi connectivity index (χ4v) is 4.74. The van der Waals surface area contributed by atoms with Crippen LogP contribution in [0.1, 0.15) is 128 Å². The highest BCUT2D eigenvalue weighted by Crippen LogP contribution is 2.16. The quantitative estimate of drug-likeness (QED) is 0.569. The number of imide groups is 2. The minimum absolute atomic E-state index is 0.00829. The molecule has 0 aliphatic carbocycles. The van der Waals surface area contributed by atoms with E-state index in [4.69, 9.17) is 0 Å². The summed E-state index contributed by atoms with van der Waals surface area (Å²) in [6.07, 6.45) is 17.7. The molecule has 0 saturated carbocycles. The van der Waals surface area contributed by atoms with Crippen molar-refractivity contribution in [2.24, 2.45) is 0 Å². The number of hydrogen-bond acceptors (Lipinski definition) is 4. The first kappa shape index (κ1) is 26.5. The molecule has 6 nitrogen and oxygen atoms in total. The lowest BCUT2D eigenvalue weighted by Gasteiger charge is -2.24. The lowest BCUT2D eigenvalue weighted by atomic mass is 10.0. The second-order valence-corrected chi connectivity index (χ2v) is 9.54. The summed E-state index contributed by atoms with van der Waals surface area (Å²) in [7, 11) is 0. The number of amides is 4. The lowest BCUT2D eigenvalue weighted by Crippen LogP contribution is -2.40. The Morgan fingerprint density at radius 2 is 0.750 bits per heavy atom. The summed E-state index contributed by atoms with van der Waals surface area (Å²) in [5.41, 5.74) is 0. The predicted molar refractivity (Wildman–Crippen MR) is 126 cm³/mol. The van der Waals surface area contributed by atoms with E-state index < -0.39 is 0 Å². The van der Waals surface area contributed by atoms with Crippen molar-refractivity contribution in [3.8, 4) is 0 Å². The first-order valence-corrected chi connectivity index (χ1v) is 13.3. The maximum absolute atomic E-state index is 12.9. The second-order valence-electron chi connectivity index (χ2n) is 9.54. The Balaban J connectivity index is 1.89. The van der Waals surface area contributed by atoms with Gasteiger partial charge in [-0.1, -0.05) is 77.0 Å². The minimum Gasteiger partial charge on any atom is -0.283 e. The highest BCUT2D eigenvalue weighted by Gasteiger charge is 2.25. The minimum atomic E-state index is -0.262. The van der Waals surface area contributed by atoms with Crippen LogP contribution in [0, 0.1) is 0 Å². The molecule has 2 aliphatic heterocycles. The van der Waals surface area contributed by atoms with Crippen LogP contribution >= 0.6 is 0 Å². The maximum atomic E-state index is 12.9. The number of carbonyl (C=O) groups is 4. The van der Waals surface area contributed by atoms with Crippen molar-refractivity contribution < 1.29 is 19.2 Å². The van der Waals surface area contributed by atoms with Gasteiger partial charge in [0.1, 0.15) is 0 Å². The molecule has 0 aromatic rings. The van der Waals surface area contributed by atoms with Crippen molar-refractivity contribution in [2.45, 2.75) is 128 Å². The van der Waals surface area contributed by atoms with Crippen LogP contribution in [0.3, 0.4) is 0 Å². The zero-order chi connectivity index (χ0) is 23.0. The standard InChI is InChI=1S/C26H44N2O4/c29-23-17-13-9-5-1-3-7-11-15-21-27(23)25(31)19-20-26(32)28-22-16-12-8-4-2-6-10-14-18-24(28)30/h1-22H2. The van der Waals surface area contributed by atoms with Crippen LogP contribution in [0.4, 0.5) is 0 Å². The van der Waals surface area contributed by atoms with Gasteiger partial charge in [0, 0.05) is 38.8 Å². The topological polar surface area (TPSA) is 74.8 Å². The van der Waals surface area contributed by atoms with E-state index in [0.717, 1.165) is 77.0 Å². The molecule has 0 radical (unpaired) electrons. The van der Waals surface area contributed by atoms with Crippen LogP contribution < -0.4 is 0 Å². The normalized spacial score (nSPS) is 21.6. The van der Waals surface area contributed by atoms with E-state index in [9.17, 15) is 19.2 Å². The van der Waals surface area contributed by atoms with Gasteiger partial charge in [0.25, 0.3) is 0 Å². The Kier molecular flexibility index (Phi) is 13.2. The third-order valence-electron chi connectivity index (χ3n) is 6.80. The third kappa shape index (κ3) is 10.3. The fourth-order valence-electron chi connectivity index (χ4n) is 4.74. The highest BCUT2D eigenvalue weighted by atomic mass is 16.2. The molecular weight excluding hydrogens is 404 g/mol. The molecule has 0 atom stereocenters. The van der Waals surface area contributed by atoms with Crippen molar-refractivity contribution >= 4 is 23.6 Å².